The summed E-state index contributed by atoms with van der Waals surface area (Å²) in [6, 6.07) is 3.16. The van der Waals surface area contributed by atoms with E-state index in [-0.39, 0.29) is 11.9 Å². The largest absolute Gasteiger partial charge is 0.493 e. The topological polar surface area (TPSA) is 30.5 Å². The van der Waals surface area contributed by atoms with Crippen molar-refractivity contribution in [2.45, 2.75) is 46.1 Å². The number of nitrogens with one attached hydrogen (secondary N) is 1. The molecule has 0 bridgehead atoms. The maximum absolute atomic E-state index is 14.4. The average Bonchev–Trinajstić information content (AvgIpc) is 2.50. The molecule has 120 valence electrons. The molecule has 2 atom stereocenters. The van der Waals surface area contributed by atoms with Crippen molar-refractivity contribution in [1.82, 2.24) is 5.32 Å². The van der Waals surface area contributed by atoms with Gasteiger partial charge in [-0.2, -0.15) is 0 Å². The Morgan fingerprint density at radius 3 is 2.29 bits per heavy atom. The maximum atomic E-state index is 14.4. The molecule has 0 amide bonds. The van der Waals surface area contributed by atoms with E-state index in [0.717, 1.165) is 25.8 Å². The van der Waals surface area contributed by atoms with E-state index < -0.39 is 0 Å². The van der Waals surface area contributed by atoms with Gasteiger partial charge in [-0.3, -0.25) is 0 Å². The molecule has 0 aliphatic rings. The van der Waals surface area contributed by atoms with Gasteiger partial charge in [0.15, 0.2) is 11.5 Å². The minimum Gasteiger partial charge on any atom is -0.493 e. The van der Waals surface area contributed by atoms with Gasteiger partial charge >= 0.3 is 0 Å². The van der Waals surface area contributed by atoms with Crippen molar-refractivity contribution in [2.24, 2.45) is 5.92 Å². The van der Waals surface area contributed by atoms with Gasteiger partial charge in [-0.15, -0.1) is 0 Å². The zero-order valence-corrected chi connectivity index (χ0v) is 13.8. The fourth-order valence-corrected chi connectivity index (χ4v) is 2.34. The van der Waals surface area contributed by atoms with Crippen molar-refractivity contribution >= 4 is 0 Å². The van der Waals surface area contributed by atoms with Crippen LogP contribution in [0.25, 0.3) is 0 Å². The van der Waals surface area contributed by atoms with E-state index in [2.05, 4.69) is 26.1 Å². The summed E-state index contributed by atoms with van der Waals surface area (Å²) < 4.78 is 24.9. The number of rotatable bonds is 9. The molecule has 1 N–H and O–H groups in total. The third-order valence-electron chi connectivity index (χ3n) is 3.85. The van der Waals surface area contributed by atoms with Crippen LogP contribution in [-0.2, 0) is 0 Å². The molecule has 0 radical (unpaired) electrons. The van der Waals surface area contributed by atoms with Crippen LogP contribution in [0.4, 0.5) is 4.39 Å². The van der Waals surface area contributed by atoms with Gasteiger partial charge < -0.3 is 14.8 Å². The molecule has 0 spiro atoms. The first-order valence-corrected chi connectivity index (χ1v) is 7.72. The monoisotopic (exact) mass is 297 g/mol. The molecular formula is C17H28FNO2. The Morgan fingerprint density at radius 2 is 1.76 bits per heavy atom. The van der Waals surface area contributed by atoms with Crippen molar-refractivity contribution < 1.29 is 13.9 Å². The quantitative estimate of drug-likeness (QED) is 0.736. The SMILES string of the molecule is CCCNC(CC(C)CC)c1cc(OC)c(OC)cc1F. The van der Waals surface area contributed by atoms with Crippen molar-refractivity contribution in [1.29, 1.82) is 0 Å². The van der Waals surface area contributed by atoms with E-state index >= 15 is 0 Å². The maximum Gasteiger partial charge on any atom is 0.163 e. The highest BCUT2D eigenvalue weighted by molar-refractivity contribution is 5.44. The first kappa shape index (κ1) is 17.8. The molecule has 1 rings (SSSR count). The Labute approximate surface area is 127 Å². The van der Waals surface area contributed by atoms with Crippen molar-refractivity contribution in [2.75, 3.05) is 20.8 Å². The van der Waals surface area contributed by atoms with Crippen molar-refractivity contribution in [3.8, 4) is 11.5 Å². The summed E-state index contributed by atoms with van der Waals surface area (Å²) >= 11 is 0. The third kappa shape index (κ3) is 4.88. The van der Waals surface area contributed by atoms with Crippen molar-refractivity contribution in [3.63, 3.8) is 0 Å². The van der Waals surface area contributed by atoms with Crippen LogP contribution in [0.5, 0.6) is 11.5 Å². The van der Waals surface area contributed by atoms with E-state index in [0.29, 0.717) is 23.0 Å². The summed E-state index contributed by atoms with van der Waals surface area (Å²) in [7, 11) is 3.09. The highest BCUT2D eigenvalue weighted by Crippen LogP contribution is 2.34. The van der Waals surface area contributed by atoms with Crippen LogP contribution in [0, 0.1) is 11.7 Å². The van der Waals surface area contributed by atoms with E-state index in [4.69, 9.17) is 9.47 Å². The Balaban J connectivity index is 3.10. The van der Waals surface area contributed by atoms with Crippen LogP contribution in [0.1, 0.15) is 51.6 Å². The molecule has 0 saturated heterocycles. The van der Waals surface area contributed by atoms with Gasteiger partial charge in [0, 0.05) is 17.7 Å². The summed E-state index contributed by atoms with van der Waals surface area (Å²) in [6.07, 6.45) is 3.01. The normalized spacial score (nSPS) is 13.8. The van der Waals surface area contributed by atoms with Crippen LogP contribution in [-0.4, -0.2) is 20.8 Å². The highest BCUT2D eigenvalue weighted by atomic mass is 19.1. The van der Waals surface area contributed by atoms with Gasteiger partial charge in [0.2, 0.25) is 0 Å². The second-order valence-corrected chi connectivity index (χ2v) is 5.48. The molecule has 2 unspecified atom stereocenters. The Morgan fingerprint density at radius 1 is 1.14 bits per heavy atom. The molecular weight excluding hydrogens is 269 g/mol. The zero-order valence-electron chi connectivity index (χ0n) is 13.8. The molecule has 0 aliphatic carbocycles. The lowest BCUT2D eigenvalue weighted by Gasteiger charge is -2.23. The Bertz CT molecular complexity index is 437. The first-order valence-electron chi connectivity index (χ1n) is 7.72. The van der Waals surface area contributed by atoms with Crippen LogP contribution in [0.2, 0.25) is 0 Å². The predicted octanol–water partition coefficient (Wildman–Crippen LogP) is 4.32. The molecule has 3 nitrogen and oxygen atoms in total. The Kier molecular flexibility index (Phi) is 7.51. The molecule has 0 aliphatic heterocycles. The number of halogens is 1. The second kappa shape index (κ2) is 8.88. The predicted molar refractivity (Wildman–Crippen MR) is 84.6 cm³/mol. The number of hydrogen-bond acceptors (Lipinski definition) is 3. The minimum atomic E-state index is -0.246. The van der Waals surface area contributed by atoms with Crippen LogP contribution >= 0.6 is 0 Å². The minimum absolute atomic E-state index is 0.000272. The lowest BCUT2D eigenvalue weighted by molar-refractivity contribution is 0.346. The van der Waals surface area contributed by atoms with Crippen LogP contribution in [0.15, 0.2) is 12.1 Å². The van der Waals surface area contributed by atoms with Gasteiger partial charge in [0.25, 0.3) is 0 Å². The molecule has 1 aromatic carbocycles. The number of hydrogen-bond donors (Lipinski definition) is 1. The standard InChI is InChI=1S/C17H28FNO2/c1-6-8-19-15(9-12(3)7-2)13-10-16(20-4)17(21-5)11-14(13)18/h10-12,15,19H,6-9H2,1-5H3. The third-order valence-corrected chi connectivity index (χ3v) is 3.85. The van der Waals surface area contributed by atoms with E-state index in [1.807, 2.05) is 0 Å². The molecule has 0 heterocycles. The Hall–Kier alpha value is -1.29. The summed E-state index contributed by atoms with van der Waals surface area (Å²) in [5.74, 6) is 1.29. The number of methoxy groups -OCH3 is 2. The van der Waals surface area contributed by atoms with E-state index in [9.17, 15) is 4.39 Å². The van der Waals surface area contributed by atoms with Crippen molar-refractivity contribution in [3.05, 3.63) is 23.5 Å². The molecule has 21 heavy (non-hydrogen) atoms. The lowest BCUT2D eigenvalue weighted by Crippen LogP contribution is -2.25. The molecule has 0 fully saturated rings. The highest BCUT2D eigenvalue weighted by Gasteiger charge is 2.20. The average molecular weight is 297 g/mol. The second-order valence-electron chi connectivity index (χ2n) is 5.48. The molecule has 1 aromatic rings. The van der Waals surface area contributed by atoms with E-state index in [1.54, 1.807) is 13.2 Å². The van der Waals surface area contributed by atoms with Crippen LogP contribution in [0.3, 0.4) is 0 Å². The van der Waals surface area contributed by atoms with Gasteiger partial charge in [0.1, 0.15) is 5.82 Å². The zero-order chi connectivity index (χ0) is 15.8. The fourth-order valence-electron chi connectivity index (χ4n) is 2.34. The van der Waals surface area contributed by atoms with E-state index in [1.165, 1.54) is 13.2 Å². The summed E-state index contributed by atoms with van der Waals surface area (Å²) in [6.45, 7) is 7.33. The number of ether oxygens (including phenoxy) is 2. The smallest absolute Gasteiger partial charge is 0.163 e. The van der Waals surface area contributed by atoms with Gasteiger partial charge in [-0.1, -0.05) is 27.2 Å². The fraction of sp³-hybridized carbons (Fsp3) is 0.647. The van der Waals surface area contributed by atoms with Gasteiger partial charge in [-0.25, -0.2) is 4.39 Å². The molecule has 4 heteroatoms. The van der Waals surface area contributed by atoms with Gasteiger partial charge in [-0.05, 0) is 31.4 Å². The first-order chi connectivity index (χ1) is 10.1. The molecule has 0 saturated carbocycles. The van der Waals surface area contributed by atoms with Gasteiger partial charge in [0.05, 0.1) is 14.2 Å². The summed E-state index contributed by atoms with van der Waals surface area (Å²) in [5, 5.41) is 3.44. The molecule has 0 aromatic heterocycles. The summed E-state index contributed by atoms with van der Waals surface area (Å²) in [5.41, 5.74) is 0.654. The summed E-state index contributed by atoms with van der Waals surface area (Å²) in [4.78, 5) is 0. The number of benzene rings is 1. The van der Waals surface area contributed by atoms with Crippen LogP contribution < -0.4 is 14.8 Å². The lowest BCUT2D eigenvalue weighted by atomic mass is 9.93.